The third-order valence-electron chi connectivity index (χ3n) is 6.57. The summed E-state index contributed by atoms with van der Waals surface area (Å²) < 4.78 is 11.2. The number of piperazine rings is 1. The van der Waals surface area contributed by atoms with E-state index in [1.807, 2.05) is 24.3 Å². The maximum absolute atomic E-state index is 12.8. The predicted octanol–water partition coefficient (Wildman–Crippen LogP) is 3.47. The van der Waals surface area contributed by atoms with Gasteiger partial charge < -0.3 is 14.4 Å². The molecule has 2 atom stereocenters. The average molecular weight is 409 g/mol. The van der Waals surface area contributed by atoms with E-state index in [0.717, 1.165) is 62.5 Å². The minimum atomic E-state index is 0. The Balaban J connectivity index is 0.00000225. The molecule has 2 aliphatic carbocycles. The fourth-order valence-corrected chi connectivity index (χ4v) is 4.97. The normalized spacial score (nSPS) is 26.8. The van der Waals surface area contributed by atoms with Gasteiger partial charge in [0.05, 0.1) is 13.7 Å². The van der Waals surface area contributed by atoms with Crippen molar-refractivity contribution in [2.24, 2.45) is 17.8 Å². The molecule has 3 aliphatic rings. The molecule has 6 heteroatoms. The van der Waals surface area contributed by atoms with E-state index in [-0.39, 0.29) is 12.4 Å². The number of fused-ring (bicyclic) bond motifs is 1. The Labute approximate surface area is 174 Å². The zero-order valence-corrected chi connectivity index (χ0v) is 17.7. The van der Waals surface area contributed by atoms with Gasteiger partial charge in [0.2, 0.25) is 5.91 Å². The van der Waals surface area contributed by atoms with Crippen LogP contribution in [0, 0.1) is 17.8 Å². The van der Waals surface area contributed by atoms with Crippen LogP contribution in [0.3, 0.4) is 0 Å². The Hall–Kier alpha value is -1.46. The number of methoxy groups -OCH3 is 1. The Bertz CT molecular complexity index is 636. The van der Waals surface area contributed by atoms with Gasteiger partial charge in [-0.1, -0.05) is 25.0 Å². The fraction of sp³-hybridized carbons (Fsp3) is 0.682. The first-order valence-electron chi connectivity index (χ1n) is 10.5. The zero-order chi connectivity index (χ0) is 18.6. The van der Waals surface area contributed by atoms with Crippen LogP contribution in [-0.4, -0.2) is 62.1 Å². The van der Waals surface area contributed by atoms with Crippen molar-refractivity contribution in [3.63, 3.8) is 0 Å². The molecule has 1 aliphatic heterocycles. The van der Waals surface area contributed by atoms with Crippen molar-refractivity contribution < 1.29 is 14.3 Å². The Morgan fingerprint density at radius 2 is 1.68 bits per heavy atom. The van der Waals surface area contributed by atoms with E-state index in [9.17, 15) is 4.79 Å². The van der Waals surface area contributed by atoms with Crippen LogP contribution in [0.2, 0.25) is 0 Å². The van der Waals surface area contributed by atoms with Crippen molar-refractivity contribution in [2.75, 3.05) is 46.4 Å². The summed E-state index contributed by atoms with van der Waals surface area (Å²) in [5.41, 5.74) is 0. The molecule has 5 nitrogen and oxygen atoms in total. The lowest BCUT2D eigenvalue weighted by molar-refractivity contribution is -0.135. The molecular formula is C22H33ClN2O3. The summed E-state index contributed by atoms with van der Waals surface area (Å²) in [6, 6.07) is 7.77. The SMILES string of the molecule is COc1ccccc1OCCCN1CCN(C(=O)C2C3CCCCC32)CC1.Cl. The molecule has 4 rings (SSSR count). The standard InChI is InChI=1S/C22H32N2O3.ClH/c1-26-19-9-4-5-10-20(19)27-16-6-11-23-12-14-24(15-13-23)22(25)21-17-7-2-3-8-18(17)21;/h4-5,9-10,17-18,21H,2-3,6-8,11-16H2,1H3;1H. The van der Waals surface area contributed by atoms with Crippen LogP contribution in [0.1, 0.15) is 32.1 Å². The lowest BCUT2D eigenvalue weighted by Crippen LogP contribution is -2.49. The molecule has 0 spiro atoms. The lowest BCUT2D eigenvalue weighted by Gasteiger charge is -2.35. The monoisotopic (exact) mass is 408 g/mol. The van der Waals surface area contributed by atoms with Crippen molar-refractivity contribution in [1.82, 2.24) is 9.80 Å². The molecule has 156 valence electrons. The van der Waals surface area contributed by atoms with E-state index in [1.165, 1.54) is 25.7 Å². The lowest BCUT2D eigenvalue weighted by atomic mass is 10.0. The van der Waals surface area contributed by atoms with Gasteiger partial charge >= 0.3 is 0 Å². The van der Waals surface area contributed by atoms with Crippen LogP contribution in [-0.2, 0) is 4.79 Å². The first kappa shape index (κ1) is 21.3. The molecule has 1 aromatic rings. The number of hydrogen-bond acceptors (Lipinski definition) is 4. The minimum absolute atomic E-state index is 0. The molecule has 1 saturated heterocycles. The first-order chi connectivity index (χ1) is 13.3. The van der Waals surface area contributed by atoms with Gasteiger partial charge in [0, 0.05) is 38.6 Å². The van der Waals surface area contributed by atoms with Gasteiger partial charge in [-0.2, -0.15) is 0 Å². The van der Waals surface area contributed by atoms with Crippen molar-refractivity contribution in [3.8, 4) is 11.5 Å². The second kappa shape index (κ2) is 9.84. The smallest absolute Gasteiger partial charge is 0.226 e. The van der Waals surface area contributed by atoms with Crippen LogP contribution in [0.25, 0.3) is 0 Å². The van der Waals surface area contributed by atoms with E-state index in [2.05, 4.69) is 9.80 Å². The molecule has 28 heavy (non-hydrogen) atoms. The number of rotatable bonds is 7. The molecular weight excluding hydrogens is 376 g/mol. The molecule has 3 fully saturated rings. The van der Waals surface area contributed by atoms with Crippen LogP contribution >= 0.6 is 12.4 Å². The third-order valence-corrected chi connectivity index (χ3v) is 6.57. The van der Waals surface area contributed by atoms with E-state index in [0.29, 0.717) is 18.4 Å². The molecule has 1 heterocycles. The highest BCUT2D eigenvalue weighted by Crippen LogP contribution is 2.56. The van der Waals surface area contributed by atoms with Crippen LogP contribution in [0.4, 0.5) is 0 Å². The highest BCUT2D eigenvalue weighted by molar-refractivity contribution is 5.85. The Morgan fingerprint density at radius 3 is 2.32 bits per heavy atom. The first-order valence-corrected chi connectivity index (χ1v) is 10.5. The largest absolute Gasteiger partial charge is 0.493 e. The number of amides is 1. The number of carbonyl (C=O) groups is 1. The number of halogens is 1. The van der Waals surface area contributed by atoms with Crippen molar-refractivity contribution in [3.05, 3.63) is 24.3 Å². The van der Waals surface area contributed by atoms with Crippen LogP contribution in [0.5, 0.6) is 11.5 Å². The van der Waals surface area contributed by atoms with Gasteiger partial charge in [-0.15, -0.1) is 12.4 Å². The van der Waals surface area contributed by atoms with Crippen molar-refractivity contribution in [2.45, 2.75) is 32.1 Å². The molecule has 2 unspecified atom stereocenters. The summed E-state index contributed by atoms with van der Waals surface area (Å²) in [4.78, 5) is 17.4. The van der Waals surface area contributed by atoms with Crippen LogP contribution < -0.4 is 9.47 Å². The summed E-state index contributed by atoms with van der Waals surface area (Å²) in [6.07, 6.45) is 6.21. The summed E-state index contributed by atoms with van der Waals surface area (Å²) in [6.45, 7) is 5.46. The maximum atomic E-state index is 12.8. The summed E-state index contributed by atoms with van der Waals surface area (Å²) in [5, 5.41) is 0. The topological polar surface area (TPSA) is 42.0 Å². The number of ether oxygens (including phenoxy) is 2. The molecule has 0 bridgehead atoms. The summed E-state index contributed by atoms with van der Waals surface area (Å²) in [5.74, 6) is 3.85. The average Bonchev–Trinajstić information content (AvgIpc) is 3.46. The van der Waals surface area contributed by atoms with Gasteiger partial charge in [-0.3, -0.25) is 9.69 Å². The predicted molar refractivity (Wildman–Crippen MR) is 112 cm³/mol. The molecule has 0 aromatic heterocycles. The van der Waals surface area contributed by atoms with E-state index >= 15 is 0 Å². The molecule has 1 amide bonds. The van der Waals surface area contributed by atoms with Gasteiger partial charge in [0.25, 0.3) is 0 Å². The van der Waals surface area contributed by atoms with Gasteiger partial charge in [-0.25, -0.2) is 0 Å². The number of benzene rings is 1. The maximum Gasteiger partial charge on any atom is 0.226 e. The van der Waals surface area contributed by atoms with Gasteiger partial charge in [0.15, 0.2) is 11.5 Å². The highest BCUT2D eigenvalue weighted by atomic mass is 35.5. The summed E-state index contributed by atoms with van der Waals surface area (Å²) >= 11 is 0. The zero-order valence-electron chi connectivity index (χ0n) is 16.8. The van der Waals surface area contributed by atoms with Crippen LogP contribution in [0.15, 0.2) is 24.3 Å². The number of nitrogens with zero attached hydrogens (tertiary/aromatic N) is 2. The van der Waals surface area contributed by atoms with E-state index < -0.39 is 0 Å². The van der Waals surface area contributed by atoms with Gasteiger partial charge in [-0.05, 0) is 43.2 Å². The van der Waals surface area contributed by atoms with Gasteiger partial charge in [0.1, 0.15) is 0 Å². The number of para-hydroxylation sites is 2. The highest BCUT2D eigenvalue weighted by Gasteiger charge is 2.55. The molecule has 2 saturated carbocycles. The quantitative estimate of drug-likeness (QED) is 0.648. The Morgan fingerprint density at radius 1 is 1.04 bits per heavy atom. The minimum Gasteiger partial charge on any atom is -0.493 e. The molecule has 0 radical (unpaired) electrons. The Kier molecular flexibility index (Phi) is 7.47. The third kappa shape index (κ3) is 4.74. The molecule has 0 N–H and O–H groups in total. The van der Waals surface area contributed by atoms with E-state index in [1.54, 1.807) is 7.11 Å². The fourth-order valence-electron chi connectivity index (χ4n) is 4.97. The number of hydrogen-bond donors (Lipinski definition) is 0. The number of carbonyl (C=O) groups excluding carboxylic acids is 1. The molecule has 1 aromatic carbocycles. The second-order valence-corrected chi connectivity index (χ2v) is 8.16. The second-order valence-electron chi connectivity index (χ2n) is 8.16. The summed E-state index contributed by atoms with van der Waals surface area (Å²) in [7, 11) is 1.67. The van der Waals surface area contributed by atoms with E-state index in [4.69, 9.17) is 9.47 Å². The van der Waals surface area contributed by atoms with Crippen molar-refractivity contribution >= 4 is 18.3 Å². The van der Waals surface area contributed by atoms with Crippen molar-refractivity contribution in [1.29, 1.82) is 0 Å².